The number of hydrogen-bond donors (Lipinski definition) is 3. The number of aliphatic hydroxyl groups excluding tert-OH is 3. The summed E-state index contributed by atoms with van der Waals surface area (Å²) in [5, 5.41) is 31.0. The maximum absolute atomic E-state index is 10.5. The number of hydrogen-bond acceptors (Lipinski definition) is 7. The lowest BCUT2D eigenvalue weighted by atomic mass is 9.98. The van der Waals surface area contributed by atoms with Gasteiger partial charge in [-0.3, -0.25) is 0 Å². The van der Waals surface area contributed by atoms with E-state index < -0.39 is 37.3 Å². The van der Waals surface area contributed by atoms with E-state index in [1.54, 1.807) is 7.11 Å². The van der Waals surface area contributed by atoms with E-state index in [-0.39, 0.29) is 0 Å². The SMILES string of the molecule is COc1ccc2c(C3=N[C@@H]4C(O)[C@H](O)C(CO)O[C@@H]4O3)cn(Cc3ccc(Br)cc3)c2c1. The van der Waals surface area contributed by atoms with Crippen molar-refractivity contribution in [3.63, 3.8) is 0 Å². The lowest BCUT2D eigenvalue weighted by Gasteiger charge is -2.36. The van der Waals surface area contributed by atoms with Crippen molar-refractivity contribution in [2.75, 3.05) is 13.7 Å². The summed E-state index contributed by atoms with van der Waals surface area (Å²) in [5.41, 5.74) is 2.81. The standard InChI is InChI=1S/C23H23BrN2O6/c1-30-14-6-7-15-16(10-26(17(15)8-14)9-12-2-4-13(24)5-3-12)22-25-19-21(29)20(28)18(11-27)31-23(19)32-22/h2-8,10,18-21,23,27-29H,9,11H2,1H3/t18?,19-,20-,21?,23-/m1/s1. The van der Waals surface area contributed by atoms with E-state index in [0.29, 0.717) is 12.4 Å². The molecule has 32 heavy (non-hydrogen) atoms. The van der Waals surface area contributed by atoms with Gasteiger partial charge < -0.3 is 34.1 Å². The van der Waals surface area contributed by atoms with Crippen LogP contribution in [0.4, 0.5) is 0 Å². The third-order valence-corrected chi connectivity index (χ3v) is 6.46. The zero-order chi connectivity index (χ0) is 22.4. The van der Waals surface area contributed by atoms with Crippen LogP contribution in [0.1, 0.15) is 11.1 Å². The predicted octanol–water partition coefficient (Wildman–Crippen LogP) is 2.05. The van der Waals surface area contributed by atoms with E-state index in [2.05, 4.69) is 37.6 Å². The predicted molar refractivity (Wildman–Crippen MR) is 121 cm³/mol. The molecule has 0 saturated carbocycles. The third kappa shape index (κ3) is 3.70. The van der Waals surface area contributed by atoms with Crippen LogP contribution in [0, 0.1) is 0 Å². The smallest absolute Gasteiger partial charge is 0.227 e. The number of fused-ring (bicyclic) bond motifs is 2. The Labute approximate surface area is 192 Å². The molecule has 0 amide bonds. The number of nitrogens with zero attached hydrogens (tertiary/aromatic N) is 2. The Hall–Kier alpha value is -2.43. The molecule has 0 radical (unpaired) electrons. The van der Waals surface area contributed by atoms with E-state index in [4.69, 9.17) is 14.2 Å². The Kier molecular flexibility index (Phi) is 5.68. The Balaban J connectivity index is 1.54. The first-order valence-electron chi connectivity index (χ1n) is 10.3. The highest BCUT2D eigenvalue weighted by atomic mass is 79.9. The number of benzene rings is 2. The number of ether oxygens (including phenoxy) is 3. The first kappa shape index (κ1) is 21.4. The van der Waals surface area contributed by atoms with E-state index in [1.165, 1.54) is 0 Å². The number of rotatable bonds is 5. The molecule has 8 nitrogen and oxygen atoms in total. The molecule has 3 heterocycles. The van der Waals surface area contributed by atoms with Gasteiger partial charge in [-0.2, -0.15) is 0 Å². The second kappa shape index (κ2) is 8.49. The molecule has 2 aliphatic rings. The topological polar surface area (TPSA) is 106 Å². The molecular formula is C23H23BrN2O6. The fourth-order valence-corrected chi connectivity index (χ4v) is 4.46. The van der Waals surface area contributed by atoms with Crippen molar-refractivity contribution in [3.8, 4) is 5.75 Å². The van der Waals surface area contributed by atoms with Crippen LogP contribution in [0.3, 0.4) is 0 Å². The molecule has 1 saturated heterocycles. The molecule has 9 heteroatoms. The van der Waals surface area contributed by atoms with Crippen LogP contribution in [-0.4, -0.2) is 70.1 Å². The summed E-state index contributed by atoms with van der Waals surface area (Å²) in [4.78, 5) is 4.53. The second-order valence-corrected chi connectivity index (χ2v) is 8.85. The minimum atomic E-state index is -1.24. The highest BCUT2D eigenvalue weighted by molar-refractivity contribution is 9.10. The summed E-state index contributed by atoms with van der Waals surface area (Å²) in [5.74, 6) is 1.06. The summed E-state index contributed by atoms with van der Waals surface area (Å²) in [6, 6.07) is 13.1. The van der Waals surface area contributed by atoms with Crippen molar-refractivity contribution in [1.82, 2.24) is 4.57 Å². The summed E-state index contributed by atoms with van der Waals surface area (Å²) >= 11 is 3.47. The van der Waals surface area contributed by atoms with Gasteiger partial charge in [-0.05, 0) is 29.8 Å². The Morgan fingerprint density at radius 3 is 2.62 bits per heavy atom. The van der Waals surface area contributed by atoms with Gasteiger partial charge in [0.25, 0.3) is 0 Å². The van der Waals surface area contributed by atoms with Crippen LogP contribution in [0.5, 0.6) is 5.75 Å². The van der Waals surface area contributed by atoms with Gasteiger partial charge >= 0.3 is 0 Å². The second-order valence-electron chi connectivity index (χ2n) is 7.93. The number of aliphatic imine (C=N–C) groups is 1. The number of methoxy groups -OCH3 is 1. The molecular weight excluding hydrogens is 480 g/mol. The first-order chi connectivity index (χ1) is 15.5. The zero-order valence-electron chi connectivity index (χ0n) is 17.3. The normalized spacial score (nSPS) is 27.2. The van der Waals surface area contributed by atoms with E-state index in [9.17, 15) is 15.3 Å². The van der Waals surface area contributed by atoms with Gasteiger partial charge in [0.15, 0.2) is 0 Å². The molecule has 1 fully saturated rings. The Morgan fingerprint density at radius 2 is 1.91 bits per heavy atom. The van der Waals surface area contributed by atoms with Gasteiger partial charge in [0.2, 0.25) is 12.2 Å². The highest BCUT2D eigenvalue weighted by Gasteiger charge is 2.49. The van der Waals surface area contributed by atoms with E-state index >= 15 is 0 Å². The first-order valence-corrected chi connectivity index (χ1v) is 11.1. The van der Waals surface area contributed by atoms with E-state index in [0.717, 1.165) is 32.3 Å². The van der Waals surface area contributed by atoms with Gasteiger partial charge in [-0.15, -0.1) is 0 Å². The molecule has 0 aliphatic carbocycles. The number of aliphatic hydroxyl groups is 3. The minimum Gasteiger partial charge on any atom is -0.497 e. The van der Waals surface area contributed by atoms with Crippen molar-refractivity contribution in [2.45, 2.75) is 37.2 Å². The van der Waals surface area contributed by atoms with Crippen molar-refractivity contribution in [3.05, 3.63) is 64.3 Å². The van der Waals surface area contributed by atoms with Gasteiger partial charge in [-0.1, -0.05) is 28.1 Å². The molecule has 0 spiro atoms. The molecule has 2 aliphatic heterocycles. The van der Waals surface area contributed by atoms with Gasteiger partial charge in [0.05, 0.1) is 24.8 Å². The maximum atomic E-state index is 10.5. The fourth-order valence-electron chi connectivity index (χ4n) is 4.20. The summed E-state index contributed by atoms with van der Waals surface area (Å²) in [6.45, 7) is 0.202. The molecule has 5 atom stereocenters. The lowest BCUT2D eigenvalue weighted by Crippen LogP contribution is -2.56. The molecule has 0 bridgehead atoms. The van der Waals surface area contributed by atoms with Crippen molar-refractivity contribution in [2.24, 2.45) is 4.99 Å². The monoisotopic (exact) mass is 502 g/mol. The van der Waals surface area contributed by atoms with Crippen molar-refractivity contribution >= 4 is 32.7 Å². The lowest BCUT2D eigenvalue weighted by molar-refractivity contribution is -0.234. The van der Waals surface area contributed by atoms with Crippen LogP contribution in [0.2, 0.25) is 0 Å². The summed E-state index contributed by atoms with van der Waals surface area (Å²) in [6.07, 6.45) is -2.28. The molecule has 2 unspecified atom stereocenters. The van der Waals surface area contributed by atoms with Gasteiger partial charge in [0.1, 0.15) is 30.1 Å². The van der Waals surface area contributed by atoms with Gasteiger partial charge in [0, 0.05) is 28.7 Å². The molecule has 5 rings (SSSR count). The zero-order valence-corrected chi connectivity index (χ0v) is 18.8. The Morgan fingerprint density at radius 1 is 1.12 bits per heavy atom. The average Bonchev–Trinajstić information content (AvgIpc) is 3.39. The quantitative estimate of drug-likeness (QED) is 0.493. The minimum absolute atomic E-state index is 0.328. The number of aromatic nitrogens is 1. The van der Waals surface area contributed by atoms with Crippen LogP contribution in [-0.2, 0) is 16.0 Å². The summed E-state index contributed by atoms with van der Waals surface area (Å²) in [7, 11) is 1.63. The number of halogens is 1. The molecule has 3 aromatic rings. The summed E-state index contributed by atoms with van der Waals surface area (Å²) < 4.78 is 20.1. The maximum Gasteiger partial charge on any atom is 0.227 e. The molecule has 168 valence electrons. The van der Waals surface area contributed by atoms with Crippen LogP contribution >= 0.6 is 15.9 Å². The Bertz CT molecular complexity index is 1160. The van der Waals surface area contributed by atoms with Gasteiger partial charge in [-0.25, -0.2) is 4.99 Å². The molecule has 1 aromatic heterocycles. The molecule has 2 aromatic carbocycles. The highest BCUT2D eigenvalue weighted by Crippen LogP contribution is 2.34. The van der Waals surface area contributed by atoms with Crippen LogP contribution < -0.4 is 4.74 Å². The average molecular weight is 503 g/mol. The fraction of sp³-hybridized carbons (Fsp3) is 0.348. The van der Waals surface area contributed by atoms with Crippen LogP contribution in [0.15, 0.2) is 58.1 Å². The molecule has 3 N–H and O–H groups in total. The van der Waals surface area contributed by atoms with E-state index in [1.807, 2.05) is 36.5 Å². The van der Waals surface area contributed by atoms with Crippen LogP contribution in [0.25, 0.3) is 10.9 Å². The third-order valence-electron chi connectivity index (χ3n) is 5.93. The van der Waals surface area contributed by atoms with Crippen molar-refractivity contribution in [1.29, 1.82) is 0 Å². The van der Waals surface area contributed by atoms with Crippen molar-refractivity contribution < 1.29 is 29.5 Å². The largest absolute Gasteiger partial charge is 0.497 e.